The minimum atomic E-state index is 1.10. The number of fused-ring (bicyclic) bond motifs is 6. The highest BCUT2D eigenvalue weighted by Crippen LogP contribution is 2.44. The van der Waals surface area contributed by atoms with Crippen molar-refractivity contribution in [2.75, 3.05) is 4.90 Å². The second-order valence-corrected chi connectivity index (χ2v) is 15.6. The molecule has 9 aromatic carbocycles. The van der Waals surface area contributed by atoms with Crippen molar-refractivity contribution < 1.29 is 0 Å². The molecular weight excluding hydrogens is 709 g/mol. The lowest BCUT2D eigenvalue weighted by Gasteiger charge is -2.26. The van der Waals surface area contributed by atoms with Crippen LogP contribution in [0.15, 0.2) is 218 Å². The van der Waals surface area contributed by atoms with Crippen LogP contribution in [-0.2, 0) is 0 Å². The van der Waals surface area contributed by atoms with Crippen LogP contribution in [0.1, 0.15) is 0 Å². The van der Waals surface area contributed by atoms with Crippen LogP contribution < -0.4 is 4.90 Å². The van der Waals surface area contributed by atoms with Gasteiger partial charge in [-0.2, -0.15) is 0 Å². The zero-order chi connectivity index (χ0) is 37.7. The van der Waals surface area contributed by atoms with Gasteiger partial charge in [0.05, 0.1) is 11.0 Å². The van der Waals surface area contributed by atoms with Crippen molar-refractivity contribution in [3.63, 3.8) is 0 Å². The van der Waals surface area contributed by atoms with E-state index in [4.69, 9.17) is 0 Å². The second-order valence-electron chi connectivity index (χ2n) is 14.5. The van der Waals surface area contributed by atoms with Crippen molar-refractivity contribution in [3.8, 4) is 39.1 Å². The lowest BCUT2D eigenvalue weighted by Crippen LogP contribution is -2.10. The summed E-state index contributed by atoms with van der Waals surface area (Å²) in [5, 5.41) is 5.07. The first-order valence-corrected chi connectivity index (χ1v) is 20.2. The van der Waals surface area contributed by atoms with Crippen LogP contribution in [-0.4, -0.2) is 4.57 Å². The fraction of sp³-hybridized carbons (Fsp3) is 0. The molecule has 0 aliphatic rings. The van der Waals surface area contributed by atoms with Crippen LogP contribution in [0, 0.1) is 0 Å². The summed E-state index contributed by atoms with van der Waals surface area (Å²) in [7, 11) is 0. The predicted octanol–water partition coefficient (Wildman–Crippen LogP) is 15.6. The molecule has 3 heteroatoms. The van der Waals surface area contributed by atoms with E-state index >= 15 is 0 Å². The number of hydrogen-bond donors (Lipinski definition) is 0. The lowest BCUT2D eigenvalue weighted by molar-refractivity contribution is 1.18. The summed E-state index contributed by atoms with van der Waals surface area (Å²) in [6.45, 7) is 0. The van der Waals surface area contributed by atoms with E-state index < -0.39 is 0 Å². The number of hydrogen-bond acceptors (Lipinski definition) is 2. The quantitative estimate of drug-likeness (QED) is 0.158. The van der Waals surface area contributed by atoms with Crippen molar-refractivity contribution in [1.82, 2.24) is 4.57 Å². The summed E-state index contributed by atoms with van der Waals surface area (Å²) >= 11 is 1.86. The third kappa shape index (κ3) is 5.80. The Balaban J connectivity index is 1.11. The average Bonchev–Trinajstić information content (AvgIpc) is 3.83. The Bertz CT molecular complexity index is 3200. The van der Waals surface area contributed by atoms with Crippen molar-refractivity contribution in [1.29, 1.82) is 0 Å². The number of thiophene rings is 1. The van der Waals surface area contributed by atoms with Gasteiger partial charge >= 0.3 is 0 Å². The molecule has 0 fully saturated rings. The molecule has 0 saturated carbocycles. The number of anilines is 3. The Morgan fingerprint density at radius 1 is 0.333 bits per heavy atom. The van der Waals surface area contributed by atoms with Crippen molar-refractivity contribution >= 4 is 70.4 Å². The Morgan fingerprint density at radius 2 is 0.860 bits per heavy atom. The number of aromatic nitrogens is 1. The molecule has 57 heavy (non-hydrogen) atoms. The van der Waals surface area contributed by atoms with Crippen LogP contribution >= 0.6 is 11.3 Å². The van der Waals surface area contributed by atoms with E-state index in [1.807, 2.05) is 11.3 Å². The van der Waals surface area contributed by atoms with Gasteiger partial charge in [-0.15, -0.1) is 11.3 Å². The Kier molecular flexibility index (Phi) is 8.04. The molecule has 0 N–H and O–H groups in total. The third-order valence-corrected chi connectivity index (χ3v) is 12.3. The van der Waals surface area contributed by atoms with Crippen LogP contribution in [0.4, 0.5) is 17.1 Å². The summed E-state index contributed by atoms with van der Waals surface area (Å²) in [6, 6.07) is 79.4. The van der Waals surface area contributed by atoms with Crippen molar-refractivity contribution in [2.24, 2.45) is 0 Å². The SMILES string of the molecule is c1ccc(-c2ccc(-c3cccc4c3c3ccc(N(c5ccc(-c6ccccc6)cc5)c5ccc6c(c5)sc5ccccc56)cc3n4-c3ccccc3)cc2)cc1. The van der Waals surface area contributed by atoms with Gasteiger partial charge in [-0.3, -0.25) is 0 Å². The molecule has 0 saturated heterocycles. The van der Waals surface area contributed by atoms with Gasteiger partial charge in [-0.1, -0.05) is 158 Å². The third-order valence-electron chi connectivity index (χ3n) is 11.2. The van der Waals surface area contributed by atoms with E-state index in [2.05, 4.69) is 228 Å². The highest BCUT2D eigenvalue weighted by molar-refractivity contribution is 7.25. The van der Waals surface area contributed by atoms with E-state index in [0.717, 1.165) is 28.3 Å². The van der Waals surface area contributed by atoms with E-state index in [-0.39, 0.29) is 0 Å². The van der Waals surface area contributed by atoms with E-state index in [0.29, 0.717) is 0 Å². The second kappa shape index (κ2) is 13.8. The van der Waals surface area contributed by atoms with Crippen LogP contribution in [0.2, 0.25) is 0 Å². The van der Waals surface area contributed by atoms with Crippen LogP contribution in [0.3, 0.4) is 0 Å². The molecule has 0 unspecified atom stereocenters. The molecule has 0 aliphatic heterocycles. The standard InChI is InChI=1S/C54H36N2S/c1-4-13-37(14-5-1)39-23-25-41(26-24-39)46-20-12-21-50-54(46)49-34-32-44(35-51(49)56(50)42-17-8-3-9-18-42)55(43-29-27-40(28-30-43)38-15-6-2-7-16-38)45-31-33-48-47-19-10-11-22-52(47)57-53(48)36-45/h1-36H. The van der Waals surface area contributed by atoms with Crippen molar-refractivity contribution in [2.45, 2.75) is 0 Å². The first-order valence-electron chi connectivity index (χ1n) is 19.4. The average molecular weight is 745 g/mol. The summed E-state index contributed by atoms with van der Waals surface area (Å²) in [5.41, 5.74) is 14.1. The van der Waals surface area contributed by atoms with Gasteiger partial charge in [0.2, 0.25) is 0 Å². The fourth-order valence-electron chi connectivity index (χ4n) is 8.50. The highest BCUT2D eigenvalue weighted by Gasteiger charge is 2.20. The molecule has 0 spiro atoms. The monoisotopic (exact) mass is 744 g/mol. The van der Waals surface area contributed by atoms with E-state index in [1.54, 1.807) is 0 Å². The molecule has 2 heterocycles. The van der Waals surface area contributed by atoms with Crippen LogP contribution in [0.25, 0.3) is 81.0 Å². The van der Waals surface area contributed by atoms with Gasteiger partial charge in [-0.25, -0.2) is 0 Å². The Morgan fingerprint density at radius 3 is 1.56 bits per heavy atom. The molecule has 0 aliphatic carbocycles. The zero-order valence-electron chi connectivity index (χ0n) is 31.1. The number of benzene rings is 9. The summed E-state index contributed by atoms with van der Waals surface area (Å²) in [5.74, 6) is 0. The molecule has 11 rings (SSSR count). The molecule has 2 nitrogen and oxygen atoms in total. The number of rotatable bonds is 7. The minimum absolute atomic E-state index is 1.10. The molecule has 268 valence electrons. The smallest absolute Gasteiger partial charge is 0.0562 e. The maximum Gasteiger partial charge on any atom is 0.0562 e. The van der Waals surface area contributed by atoms with Gasteiger partial charge in [0.15, 0.2) is 0 Å². The van der Waals surface area contributed by atoms with Crippen molar-refractivity contribution in [3.05, 3.63) is 218 Å². The molecular formula is C54H36N2S. The topological polar surface area (TPSA) is 8.17 Å². The molecule has 0 amide bonds. The summed E-state index contributed by atoms with van der Waals surface area (Å²) in [4.78, 5) is 2.41. The fourth-order valence-corrected chi connectivity index (χ4v) is 9.64. The number of nitrogens with zero attached hydrogens (tertiary/aromatic N) is 2. The van der Waals surface area contributed by atoms with E-state index in [1.165, 1.54) is 69.8 Å². The van der Waals surface area contributed by atoms with Gasteiger partial charge in [0.25, 0.3) is 0 Å². The molecule has 0 atom stereocenters. The lowest BCUT2D eigenvalue weighted by atomic mass is 9.97. The minimum Gasteiger partial charge on any atom is -0.310 e. The molecule has 11 aromatic rings. The largest absolute Gasteiger partial charge is 0.310 e. The molecule has 2 aromatic heterocycles. The van der Waals surface area contributed by atoms with Gasteiger partial charge in [0, 0.05) is 53.7 Å². The van der Waals surface area contributed by atoms with Gasteiger partial charge in [-0.05, 0) is 94.0 Å². The maximum absolute atomic E-state index is 2.43. The molecule has 0 bridgehead atoms. The highest BCUT2D eigenvalue weighted by atomic mass is 32.1. The molecule has 0 radical (unpaired) electrons. The summed E-state index contributed by atoms with van der Waals surface area (Å²) in [6.07, 6.45) is 0. The predicted molar refractivity (Wildman–Crippen MR) is 245 cm³/mol. The normalized spacial score (nSPS) is 11.5. The number of para-hydroxylation sites is 1. The van der Waals surface area contributed by atoms with Gasteiger partial charge in [0.1, 0.15) is 0 Å². The first kappa shape index (κ1) is 33.2. The van der Waals surface area contributed by atoms with Gasteiger partial charge < -0.3 is 9.47 Å². The summed E-state index contributed by atoms with van der Waals surface area (Å²) < 4.78 is 5.02. The zero-order valence-corrected chi connectivity index (χ0v) is 31.9. The van der Waals surface area contributed by atoms with Crippen LogP contribution in [0.5, 0.6) is 0 Å². The first-order chi connectivity index (χ1) is 28.3. The maximum atomic E-state index is 2.43. The Labute approximate surface area is 335 Å². The Hall–Kier alpha value is -7.20. The van der Waals surface area contributed by atoms with E-state index in [9.17, 15) is 0 Å².